The lowest BCUT2D eigenvalue weighted by molar-refractivity contribution is 0.0564. The second-order valence-corrected chi connectivity index (χ2v) is 13.9. The van der Waals surface area contributed by atoms with Gasteiger partial charge in [-0.2, -0.15) is 0 Å². The molecule has 4 amide bonds. The first-order valence-corrected chi connectivity index (χ1v) is 15.9. The maximum Gasteiger partial charge on any atom is 0.415 e. The molecule has 1 saturated carbocycles. The number of methoxy groups -OCH3 is 1. The highest BCUT2D eigenvalue weighted by Crippen LogP contribution is 2.42. The molecule has 48 heavy (non-hydrogen) atoms. The van der Waals surface area contributed by atoms with Gasteiger partial charge in [-0.25, -0.2) is 28.7 Å². The average molecular weight is 667 g/mol. The second kappa shape index (κ2) is 13.4. The molecule has 5 rings (SSSR count). The van der Waals surface area contributed by atoms with Crippen LogP contribution in [-0.2, 0) is 14.2 Å². The number of urea groups is 1. The summed E-state index contributed by atoms with van der Waals surface area (Å²) in [5.41, 5.74) is -0.497. The van der Waals surface area contributed by atoms with Gasteiger partial charge in [0.05, 0.1) is 24.4 Å². The van der Waals surface area contributed by atoms with Gasteiger partial charge in [-0.05, 0) is 90.8 Å². The summed E-state index contributed by atoms with van der Waals surface area (Å²) in [4.78, 5) is 49.2. The molecular weight excluding hydrogens is 623 g/mol. The van der Waals surface area contributed by atoms with E-state index < -0.39 is 35.2 Å². The number of fused-ring (bicyclic) bond motifs is 2. The second-order valence-electron chi connectivity index (χ2n) is 13.9. The number of benzene rings is 1. The molecule has 3 heterocycles. The Morgan fingerprint density at radius 2 is 1.71 bits per heavy atom. The summed E-state index contributed by atoms with van der Waals surface area (Å²) in [6.45, 7) is 12.5. The van der Waals surface area contributed by atoms with Crippen LogP contribution in [0.3, 0.4) is 0 Å². The number of nitrogens with zero attached hydrogens (tertiary/aromatic N) is 3. The molecule has 1 aliphatic carbocycles. The molecule has 13 nitrogen and oxygen atoms in total. The third-order valence-electron chi connectivity index (χ3n) is 7.90. The number of halogens is 1. The highest BCUT2D eigenvalue weighted by molar-refractivity contribution is 6.05. The Kier molecular flexibility index (Phi) is 9.67. The van der Waals surface area contributed by atoms with E-state index in [1.54, 1.807) is 67.7 Å². The number of hydrogen-bond acceptors (Lipinski definition) is 9. The van der Waals surface area contributed by atoms with Gasteiger partial charge < -0.3 is 24.3 Å². The third kappa shape index (κ3) is 7.70. The molecule has 0 saturated heterocycles. The minimum Gasteiger partial charge on any atom is -0.474 e. The highest BCUT2D eigenvalue weighted by Gasteiger charge is 2.33. The molecule has 2 atom stereocenters. The SMILES string of the molecule is CO[C@@H]1CCC[C@@H]1NC(=O)Nc1cc2cc(-c3cnc4c(c3C)N(C(=O)OC(C)(C)C)CCO4)c(F)c(NC(=O)OC(C)(C)C)c2cn1. The fraction of sp³-hybridized carbons (Fsp3) is 0.500. The van der Waals surface area contributed by atoms with Crippen molar-refractivity contribution in [2.45, 2.75) is 91.1 Å². The van der Waals surface area contributed by atoms with Crippen LogP contribution in [0.25, 0.3) is 21.9 Å². The van der Waals surface area contributed by atoms with Gasteiger partial charge in [0, 0.05) is 36.0 Å². The highest BCUT2D eigenvalue weighted by atomic mass is 19.1. The van der Waals surface area contributed by atoms with E-state index >= 15 is 4.39 Å². The molecule has 2 aromatic heterocycles. The van der Waals surface area contributed by atoms with Crippen molar-refractivity contribution in [3.05, 3.63) is 35.9 Å². The summed E-state index contributed by atoms with van der Waals surface area (Å²) < 4.78 is 38.9. The third-order valence-corrected chi connectivity index (χ3v) is 7.90. The molecule has 258 valence electrons. The number of aromatic nitrogens is 2. The van der Waals surface area contributed by atoms with Crippen LogP contribution in [0.15, 0.2) is 24.5 Å². The topological polar surface area (TPSA) is 153 Å². The van der Waals surface area contributed by atoms with E-state index in [9.17, 15) is 14.4 Å². The zero-order chi connectivity index (χ0) is 35.0. The smallest absolute Gasteiger partial charge is 0.415 e. The average Bonchev–Trinajstić information content (AvgIpc) is 3.43. The zero-order valence-electron chi connectivity index (χ0n) is 28.6. The van der Waals surface area contributed by atoms with E-state index in [2.05, 4.69) is 25.9 Å². The maximum atomic E-state index is 16.6. The van der Waals surface area contributed by atoms with Gasteiger partial charge in [-0.15, -0.1) is 0 Å². The van der Waals surface area contributed by atoms with Crippen LogP contribution in [0, 0.1) is 12.7 Å². The Hall–Kier alpha value is -4.72. The first kappa shape index (κ1) is 34.6. The Labute approximate surface area is 278 Å². The monoisotopic (exact) mass is 666 g/mol. The van der Waals surface area contributed by atoms with Crippen molar-refractivity contribution in [2.24, 2.45) is 0 Å². The molecule has 3 aromatic rings. The van der Waals surface area contributed by atoms with Crippen LogP contribution in [-0.4, -0.2) is 71.8 Å². The zero-order valence-corrected chi connectivity index (χ0v) is 28.6. The van der Waals surface area contributed by atoms with E-state index in [0.29, 0.717) is 22.2 Å². The van der Waals surface area contributed by atoms with Crippen molar-refractivity contribution in [3.8, 4) is 17.0 Å². The number of rotatable bonds is 5. The maximum absolute atomic E-state index is 16.6. The quantitative estimate of drug-likeness (QED) is 0.264. The van der Waals surface area contributed by atoms with Crippen LogP contribution in [0.4, 0.5) is 36.0 Å². The van der Waals surface area contributed by atoms with E-state index in [0.717, 1.165) is 19.3 Å². The first-order chi connectivity index (χ1) is 22.5. The fourth-order valence-electron chi connectivity index (χ4n) is 5.87. The summed E-state index contributed by atoms with van der Waals surface area (Å²) in [6.07, 6.45) is 3.89. The van der Waals surface area contributed by atoms with E-state index in [1.165, 1.54) is 17.3 Å². The van der Waals surface area contributed by atoms with Crippen molar-refractivity contribution in [3.63, 3.8) is 0 Å². The standard InChI is InChI=1S/C34H43FN6O7/c1-18-21(16-37-29-28(18)41(12-13-46-29)32(44)48-34(5,6)7)20-14-19-15-25(39-30(42)38-23-10-9-11-24(23)45-8)36-17-22(19)27(26(20)35)40-31(43)47-33(2,3)4/h14-17,23-24H,9-13H2,1-8H3,(H,40,43)(H2,36,38,39,42)/t23-,24+/m0/s1. The largest absolute Gasteiger partial charge is 0.474 e. The normalized spacial score (nSPS) is 17.7. The predicted molar refractivity (Wildman–Crippen MR) is 179 cm³/mol. The summed E-state index contributed by atoms with van der Waals surface area (Å²) in [5, 5.41) is 8.96. The van der Waals surface area contributed by atoms with Gasteiger partial charge in [-0.1, -0.05) is 0 Å². The van der Waals surface area contributed by atoms with Crippen molar-refractivity contribution in [1.82, 2.24) is 15.3 Å². The Bertz CT molecular complexity index is 1740. The van der Waals surface area contributed by atoms with Gasteiger partial charge in [0.1, 0.15) is 29.3 Å². The molecule has 14 heteroatoms. The summed E-state index contributed by atoms with van der Waals surface area (Å²) in [6, 6.07) is 2.57. The number of amides is 4. The van der Waals surface area contributed by atoms with E-state index in [4.69, 9.17) is 18.9 Å². The number of ether oxygens (including phenoxy) is 4. The lowest BCUT2D eigenvalue weighted by Crippen LogP contribution is -2.43. The molecule has 0 spiro atoms. The number of pyridine rings is 2. The number of hydrogen-bond donors (Lipinski definition) is 3. The molecule has 1 fully saturated rings. The summed E-state index contributed by atoms with van der Waals surface area (Å²) in [5.74, 6) is -0.357. The van der Waals surface area contributed by atoms with Gasteiger partial charge in [0.25, 0.3) is 0 Å². The minimum absolute atomic E-state index is 0.0718. The Morgan fingerprint density at radius 3 is 2.40 bits per heavy atom. The summed E-state index contributed by atoms with van der Waals surface area (Å²) >= 11 is 0. The van der Waals surface area contributed by atoms with E-state index in [-0.39, 0.29) is 53.6 Å². The minimum atomic E-state index is -0.865. The van der Waals surface area contributed by atoms with Crippen LogP contribution in [0.1, 0.15) is 66.4 Å². The number of carbonyl (C=O) groups is 3. The molecule has 1 aliphatic heterocycles. The van der Waals surface area contributed by atoms with Gasteiger partial charge in [0.2, 0.25) is 5.88 Å². The molecule has 0 unspecified atom stereocenters. The lowest BCUT2D eigenvalue weighted by Gasteiger charge is -2.32. The van der Waals surface area contributed by atoms with Crippen LogP contribution in [0.5, 0.6) is 5.88 Å². The lowest BCUT2D eigenvalue weighted by atomic mass is 9.96. The molecule has 2 aliphatic rings. The van der Waals surface area contributed by atoms with Crippen molar-refractivity contribution in [1.29, 1.82) is 0 Å². The molecule has 0 bridgehead atoms. The van der Waals surface area contributed by atoms with E-state index in [1.807, 2.05) is 0 Å². The Morgan fingerprint density at radius 1 is 0.979 bits per heavy atom. The molecule has 1 aromatic carbocycles. The van der Waals surface area contributed by atoms with Crippen LogP contribution >= 0.6 is 0 Å². The van der Waals surface area contributed by atoms with Gasteiger partial charge in [0.15, 0.2) is 5.82 Å². The summed E-state index contributed by atoms with van der Waals surface area (Å²) in [7, 11) is 1.62. The number of carbonyl (C=O) groups excluding carboxylic acids is 3. The van der Waals surface area contributed by atoms with Crippen LogP contribution < -0.4 is 25.6 Å². The predicted octanol–water partition coefficient (Wildman–Crippen LogP) is 6.91. The van der Waals surface area contributed by atoms with Gasteiger partial charge in [-0.3, -0.25) is 15.5 Å². The molecule has 0 radical (unpaired) electrons. The first-order valence-electron chi connectivity index (χ1n) is 15.9. The fourth-order valence-corrected chi connectivity index (χ4v) is 5.87. The van der Waals surface area contributed by atoms with Crippen molar-refractivity contribution >= 4 is 46.2 Å². The van der Waals surface area contributed by atoms with Crippen molar-refractivity contribution < 1.29 is 37.7 Å². The molecule has 3 N–H and O–H groups in total. The van der Waals surface area contributed by atoms with Crippen molar-refractivity contribution in [2.75, 3.05) is 35.8 Å². The van der Waals surface area contributed by atoms with Crippen LogP contribution in [0.2, 0.25) is 0 Å². The number of anilines is 3. The number of nitrogens with one attached hydrogen (secondary N) is 3. The Balaban J connectivity index is 1.58. The van der Waals surface area contributed by atoms with Gasteiger partial charge >= 0.3 is 18.2 Å². The molecular formula is C34H43FN6O7.